The number of carbonyl (C=O) groups excluding carboxylic acids is 2. The summed E-state index contributed by atoms with van der Waals surface area (Å²) in [5, 5.41) is 0. The van der Waals surface area contributed by atoms with E-state index in [0.717, 1.165) is 39.2 Å². The minimum absolute atomic E-state index is 0.0289. The molecule has 1 fully saturated rings. The largest absolute Gasteiger partial charge is 0.300 e. The lowest BCUT2D eigenvalue weighted by atomic mass is 9.97. The van der Waals surface area contributed by atoms with E-state index in [1.165, 1.54) is 0 Å². The molecule has 0 bridgehead atoms. The molecule has 0 spiro atoms. The van der Waals surface area contributed by atoms with E-state index >= 15 is 0 Å². The number of amides is 2. The second-order valence-corrected chi connectivity index (χ2v) is 8.03. The molecule has 30 heavy (non-hydrogen) atoms. The molecule has 3 aromatic carbocycles. The van der Waals surface area contributed by atoms with Crippen molar-refractivity contribution >= 4 is 23.2 Å². The van der Waals surface area contributed by atoms with Crippen LogP contribution in [0, 0.1) is 27.7 Å². The fraction of sp³-hybridized carbons (Fsp3) is 0.231. The van der Waals surface area contributed by atoms with Gasteiger partial charge >= 0.3 is 0 Å². The van der Waals surface area contributed by atoms with E-state index in [-0.39, 0.29) is 18.4 Å². The fourth-order valence-electron chi connectivity index (χ4n) is 4.39. The Morgan fingerprint density at radius 3 is 2.07 bits per heavy atom. The molecule has 0 saturated carbocycles. The molecule has 1 atom stereocenters. The zero-order valence-electron chi connectivity index (χ0n) is 17.8. The van der Waals surface area contributed by atoms with E-state index in [2.05, 4.69) is 0 Å². The van der Waals surface area contributed by atoms with Crippen molar-refractivity contribution in [1.82, 2.24) is 0 Å². The average Bonchev–Trinajstić information content (AvgIpc) is 2.71. The second kappa shape index (κ2) is 7.79. The van der Waals surface area contributed by atoms with Gasteiger partial charge in [-0.3, -0.25) is 14.5 Å². The third kappa shape index (κ3) is 3.39. The van der Waals surface area contributed by atoms with Crippen molar-refractivity contribution in [1.29, 1.82) is 0 Å². The molecule has 0 aliphatic carbocycles. The van der Waals surface area contributed by atoms with Crippen LogP contribution in [0.3, 0.4) is 0 Å². The highest BCUT2D eigenvalue weighted by Gasteiger charge is 2.42. The molecule has 4 nitrogen and oxygen atoms in total. The van der Waals surface area contributed by atoms with Crippen molar-refractivity contribution in [3.63, 3.8) is 0 Å². The highest BCUT2D eigenvalue weighted by atomic mass is 16.2. The van der Waals surface area contributed by atoms with Gasteiger partial charge in [-0.05, 0) is 56.0 Å². The quantitative estimate of drug-likeness (QED) is 0.620. The number of aryl methyl sites for hydroxylation is 4. The number of rotatable bonds is 3. The molecule has 0 aromatic heterocycles. The van der Waals surface area contributed by atoms with Crippen molar-refractivity contribution in [2.75, 3.05) is 16.3 Å². The van der Waals surface area contributed by atoms with Gasteiger partial charge in [0.05, 0.1) is 5.69 Å². The number of para-hydroxylation sites is 1. The maximum Gasteiger partial charge on any atom is 0.255 e. The zero-order chi connectivity index (χ0) is 21.4. The van der Waals surface area contributed by atoms with Crippen molar-refractivity contribution in [2.24, 2.45) is 0 Å². The Morgan fingerprint density at radius 1 is 0.767 bits per heavy atom. The Labute approximate surface area is 177 Å². The van der Waals surface area contributed by atoms with Crippen LogP contribution in [0.25, 0.3) is 0 Å². The zero-order valence-corrected chi connectivity index (χ0v) is 17.8. The Balaban J connectivity index is 1.87. The fourth-order valence-corrected chi connectivity index (χ4v) is 4.39. The summed E-state index contributed by atoms with van der Waals surface area (Å²) in [4.78, 5) is 30.7. The Hall–Kier alpha value is -3.40. The molecular formula is C26H26N2O2. The number of carbonyl (C=O) groups is 2. The molecule has 0 unspecified atom stereocenters. The van der Waals surface area contributed by atoms with E-state index in [1.807, 2.05) is 94.4 Å². The number of anilines is 2. The first kappa shape index (κ1) is 19.9. The SMILES string of the molecule is Cc1ccc(N2C(=O)CN(c3c(C)cccc3C)C(=O)[C@H]2c2ccccc2)c(C)c1. The van der Waals surface area contributed by atoms with Gasteiger partial charge < -0.3 is 4.90 Å². The van der Waals surface area contributed by atoms with Gasteiger partial charge in [0.1, 0.15) is 12.6 Å². The van der Waals surface area contributed by atoms with Crippen LogP contribution in [0.15, 0.2) is 66.7 Å². The molecule has 1 saturated heterocycles. The van der Waals surface area contributed by atoms with Crippen LogP contribution < -0.4 is 9.80 Å². The molecule has 1 aliphatic rings. The van der Waals surface area contributed by atoms with E-state index in [4.69, 9.17) is 0 Å². The first-order valence-electron chi connectivity index (χ1n) is 10.2. The van der Waals surface area contributed by atoms with Gasteiger partial charge in [0.15, 0.2) is 0 Å². The van der Waals surface area contributed by atoms with Gasteiger partial charge in [0.2, 0.25) is 5.91 Å². The van der Waals surface area contributed by atoms with Crippen molar-refractivity contribution in [2.45, 2.75) is 33.7 Å². The van der Waals surface area contributed by atoms with E-state index in [9.17, 15) is 9.59 Å². The Morgan fingerprint density at radius 2 is 1.43 bits per heavy atom. The predicted molar refractivity (Wildman–Crippen MR) is 121 cm³/mol. The smallest absolute Gasteiger partial charge is 0.255 e. The minimum Gasteiger partial charge on any atom is -0.300 e. The minimum atomic E-state index is -0.701. The normalized spacial score (nSPS) is 16.9. The van der Waals surface area contributed by atoms with Crippen LogP contribution in [0.4, 0.5) is 11.4 Å². The summed E-state index contributed by atoms with van der Waals surface area (Å²) in [5.41, 5.74) is 6.52. The Bertz CT molecular complexity index is 1100. The van der Waals surface area contributed by atoms with Gasteiger partial charge in [-0.15, -0.1) is 0 Å². The lowest BCUT2D eigenvalue weighted by molar-refractivity contribution is -0.128. The maximum atomic E-state index is 13.9. The van der Waals surface area contributed by atoms with Crippen LogP contribution in [0.1, 0.15) is 33.9 Å². The van der Waals surface area contributed by atoms with Crippen LogP contribution in [0.5, 0.6) is 0 Å². The number of hydrogen-bond donors (Lipinski definition) is 0. The third-order valence-electron chi connectivity index (χ3n) is 5.76. The molecule has 4 rings (SSSR count). The van der Waals surface area contributed by atoms with Crippen LogP contribution in [-0.4, -0.2) is 18.4 Å². The van der Waals surface area contributed by atoms with Crippen molar-refractivity contribution < 1.29 is 9.59 Å². The Kier molecular flexibility index (Phi) is 5.17. The second-order valence-electron chi connectivity index (χ2n) is 8.03. The van der Waals surface area contributed by atoms with Crippen LogP contribution in [0.2, 0.25) is 0 Å². The first-order valence-corrected chi connectivity index (χ1v) is 10.2. The summed E-state index contributed by atoms with van der Waals surface area (Å²) in [5.74, 6) is -0.170. The molecule has 0 N–H and O–H groups in total. The highest BCUT2D eigenvalue weighted by molar-refractivity contribution is 6.15. The maximum absolute atomic E-state index is 13.9. The summed E-state index contributed by atoms with van der Waals surface area (Å²) in [6.07, 6.45) is 0. The molecule has 3 aromatic rings. The molecule has 4 heteroatoms. The van der Waals surface area contributed by atoms with E-state index in [0.29, 0.717) is 0 Å². The van der Waals surface area contributed by atoms with Gasteiger partial charge in [-0.25, -0.2) is 0 Å². The monoisotopic (exact) mass is 398 g/mol. The summed E-state index contributed by atoms with van der Waals surface area (Å²) in [6, 6.07) is 20.8. The van der Waals surface area contributed by atoms with Crippen molar-refractivity contribution in [3.05, 3.63) is 94.5 Å². The topological polar surface area (TPSA) is 40.6 Å². The number of benzene rings is 3. The van der Waals surface area contributed by atoms with E-state index in [1.54, 1.807) is 9.80 Å². The van der Waals surface area contributed by atoms with Crippen LogP contribution >= 0.6 is 0 Å². The predicted octanol–water partition coefficient (Wildman–Crippen LogP) is 5.04. The molecule has 152 valence electrons. The molecule has 1 aliphatic heterocycles. The van der Waals surface area contributed by atoms with Gasteiger partial charge in [-0.1, -0.05) is 66.2 Å². The summed E-state index contributed by atoms with van der Waals surface area (Å²) in [7, 11) is 0. The molecule has 1 heterocycles. The number of hydrogen-bond acceptors (Lipinski definition) is 2. The molecule has 2 amide bonds. The molecule has 0 radical (unpaired) electrons. The van der Waals surface area contributed by atoms with Crippen LogP contribution in [-0.2, 0) is 9.59 Å². The number of piperazine rings is 1. The van der Waals surface area contributed by atoms with E-state index < -0.39 is 6.04 Å². The van der Waals surface area contributed by atoms with Gasteiger partial charge in [-0.2, -0.15) is 0 Å². The average molecular weight is 399 g/mol. The van der Waals surface area contributed by atoms with Gasteiger partial charge in [0.25, 0.3) is 5.91 Å². The van der Waals surface area contributed by atoms with Gasteiger partial charge in [0, 0.05) is 5.69 Å². The standard InChI is InChI=1S/C26H26N2O2/c1-17-13-14-22(20(4)15-17)28-23(29)16-27(24-18(2)9-8-10-19(24)3)26(30)25(28)21-11-6-5-7-12-21/h5-15,25H,16H2,1-4H3/t25-/m1/s1. The third-order valence-corrected chi connectivity index (χ3v) is 5.76. The molecular weight excluding hydrogens is 372 g/mol. The number of nitrogens with zero attached hydrogens (tertiary/aromatic N) is 2. The summed E-state index contributed by atoms with van der Waals surface area (Å²) in [6.45, 7) is 8.00. The first-order chi connectivity index (χ1) is 14.4. The highest BCUT2D eigenvalue weighted by Crippen LogP contribution is 2.37. The van der Waals surface area contributed by atoms with Crippen molar-refractivity contribution in [3.8, 4) is 0 Å². The summed E-state index contributed by atoms with van der Waals surface area (Å²) >= 11 is 0. The lowest BCUT2D eigenvalue weighted by Crippen LogP contribution is -2.56. The summed E-state index contributed by atoms with van der Waals surface area (Å²) < 4.78 is 0. The lowest BCUT2D eigenvalue weighted by Gasteiger charge is -2.41.